The van der Waals surface area contributed by atoms with Crippen LogP contribution in [0.2, 0.25) is 0 Å². The predicted octanol–water partition coefficient (Wildman–Crippen LogP) is 4.81. The van der Waals surface area contributed by atoms with Crippen molar-refractivity contribution in [3.8, 4) is 11.3 Å². The number of anilines is 1. The monoisotopic (exact) mass is 448 g/mol. The molecule has 1 aromatic carbocycles. The van der Waals surface area contributed by atoms with Gasteiger partial charge in [-0.1, -0.05) is 39.5 Å². The van der Waals surface area contributed by atoms with Gasteiger partial charge in [-0.2, -0.15) is 0 Å². The molecule has 2 aromatic rings. The Morgan fingerprint density at radius 3 is 2.61 bits per heavy atom. The van der Waals surface area contributed by atoms with Crippen LogP contribution in [0.4, 0.5) is 10.2 Å². The molecule has 174 valence electrons. The van der Waals surface area contributed by atoms with Crippen molar-refractivity contribution in [2.75, 3.05) is 37.6 Å². The van der Waals surface area contributed by atoms with E-state index in [0.717, 1.165) is 36.7 Å². The quantitative estimate of drug-likeness (QED) is 0.629. The van der Waals surface area contributed by atoms with E-state index in [4.69, 9.17) is 4.98 Å². The number of halogens is 1. The van der Waals surface area contributed by atoms with E-state index in [1.54, 1.807) is 12.1 Å². The van der Waals surface area contributed by atoms with E-state index in [2.05, 4.69) is 56.2 Å². The van der Waals surface area contributed by atoms with E-state index in [0.29, 0.717) is 24.3 Å². The molecular weight excluding hydrogens is 415 g/mol. The highest BCUT2D eigenvalue weighted by Gasteiger charge is 2.32. The first kappa shape index (κ1) is 23.0. The maximum Gasteiger partial charge on any atom is 0.246 e. The maximum absolute atomic E-state index is 14.5. The van der Waals surface area contributed by atoms with Gasteiger partial charge in [-0.3, -0.25) is 4.79 Å². The molecule has 5 nitrogen and oxygen atoms in total. The summed E-state index contributed by atoms with van der Waals surface area (Å²) in [6.07, 6.45) is 3.65. The van der Waals surface area contributed by atoms with E-state index in [1.807, 2.05) is 17.0 Å². The molecule has 0 radical (unpaired) electrons. The van der Waals surface area contributed by atoms with Crippen molar-refractivity contribution in [3.05, 3.63) is 66.5 Å². The number of carbonyl (C=O) groups is 1. The molecule has 1 fully saturated rings. The minimum atomic E-state index is -0.268. The number of benzene rings is 1. The van der Waals surface area contributed by atoms with Crippen molar-refractivity contribution in [1.82, 2.24) is 14.8 Å². The van der Waals surface area contributed by atoms with Gasteiger partial charge in [0.05, 0.1) is 5.69 Å². The third kappa shape index (κ3) is 4.80. The van der Waals surface area contributed by atoms with Crippen LogP contribution in [0.25, 0.3) is 17.0 Å². The van der Waals surface area contributed by atoms with E-state index >= 15 is 0 Å². The van der Waals surface area contributed by atoms with Crippen LogP contribution in [-0.4, -0.2) is 59.5 Å². The summed E-state index contributed by atoms with van der Waals surface area (Å²) < 4.78 is 14.5. The number of hydrogen-bond donors (Lipinski definition) is 0. The average Bonchev–Trinajstić information content (AvgIpc) is 2.78. The van der Waals surface area contributed by atoms with Gasteiger partial charge in [0.15, 0.2) is 0 Å². The first-order valence-corrected chi connectivity index (χ1v) is 11.6. The van der Waals surface area contributed by atoms with Crippen LogP contribution in [0.3, 0.4) is 0 Å². The van der Waals surface area contributed by atoms with E-state index in [-0.39, 0.29) is 23.2 Å². The Labute approximate surface area is 196 Å². The molecule has 0 N–H and O–H groups in total. The van der Waals surface area contributed by atoms with Crippen LogP contribution in [0, 0.1) is 11.2 Å². The second-order valence-corrected chi connectivity index (χ2v) is 10.1. The van der Waals surface area contributed by atoms with Crippen LogP contribution >= 0.6 is 0 Å². The van der Waals surface area contributed by atoms with Crippen LogP contribution < -0.4 is 4.90 Å². The SMILES string of the molecule is C=CC(=O)N1CCN(C2=CCN(CC(C)(C)C)c3nc(-c4ccccc4F)ccc32)[C@@H](C)C1. The minimum absolute atomic E-state index is 0.0212. The zero-order chi connectivity index (χ0) is 23.8. The van der Waals surface area contributed by atoms with Crippen molar-refractivity contribution in [3.63, 3.8) is 0 Å². The van der Waals surface area contributed by atoms with Gasteiger partial charge in [-0.05, 0) is 48.8 Å². The number of amides is 1. The lowest BCUT2D eigenvalue weighted by atomic mass is 9.94. The van der Waals surface area contributed by atoms with Crippen molar-refractivity contribution in [1.29, 1.82) is 0 Å². The average molecular weight is 449 g/mol. The lowest BCUT2D eigenvalue weighted by Gasteiger charge is -2.44. The van der Waals surface area contributed by atoms with Crippen LogP contribution in [0.15, 0.2) is 55.1 Å². The highest BCUT2D eigenvalue weighted by molar-refractivity contribution is 5.87. The Hall–Kier alpha value is -3.15. The summed E-state index contributed by atoms with van der Waals surface area (Å²) in [5.41, 5.74) is 3.43. The molecule has 0 spiro atoms. The smallest absolute Gasteiger partial charge is 0.246 e. The number of hydrogen-bond acceptors (Lipinski definition) is 4. The number of rotatable bonds is 4. The predicted molar refractivity (Wildman–Crippen MR) is 132 cm³/mol. The van der Waals surface area contributed by atoms with Crippen molar-refractivity contribution in [2.45, 2.75) is 33.7 Å². The highest BCUT2D eigenvalue weighted by atomic mass is 19.1. The normalized spacial score (nSPS) is 18.6. The molecule has 1 atom stereocenters. The van der Waals surface area contributed by atoms with Crippen molar-refractivity contribution in [2.24, 2.45) is 5.41 Å². The van der Waals surface area contributed by atoms with Gasteiger partial charge in [0.2, 0.25) is 5.91 Å². The van der Waals surface area contributed by atoms with Gasteiger partial charge in [-0.25, -0.2) is 9.37 Å². The second kappa shape index (κ2) is 9.00. The largest absolute Gasteiger partial charge is 0.365 e. The number of carbonyl (C=O) groups excluding carboxylic acids is 1. The summed E-state index contributed by atoms with van der Waals surface area (Å²) in [6.45, 7) is 16.1. The molecule has 0 saturated carbocycles. The number of pyridine rings is 1. The molecule has 0 aliphatic carbocycles. The summed E-state index contributed by atoms with van der Waals surface area (Å²) in [5.74, 6) is 0.600. The van der Waals surface area contributed by atoms with Gasteiger partial charge in [0.25, 0.3) is 0 Å². The Kier molecular flexibility index (Phi) is 6.28. The van der Waals surface area contributed by atoms with Crippen molar-refractivity contribution < 1.29 is 9.18 Å². The molecule has 1 saturated heterocycles. The third-order valence-electron chi connectivity index (χ3n) is 6.19. The number of piperazine rings is 1. The fourth-order valence-electron chi connectivity index (χ4n) is 4.73. The van der Waals surface area contributed by atoms with Crippen LogP contribution in [0.1, 0.15) is 33.3 Å². The Bertz CT molecular complexity index is 1090. The topological polar surface area (TPSA) is 39.7 Å². The Morgan fingerprint density at radius 2 is 1.94 bits per heavy atom. The number of fused-ring (bicyclic) bond motifs is 1. The summed E-state index contributed by atoms with van der Waals surface area (Å²) in [5, 5.41) is 0. The zero-order valence-corrected chi connectivity index (χ0v) is 20.0. The lowest BCUT2D eigenvalue weighted by molar-refractivity contribution is -0.128. The fourth-order valence-corrected chi connectivity index (χ4v) is 4.73. The molecule has 6 heteroatoms. The summed E-state index contributed by atoms with van der Waals surface area (Å²) in [6, 6.07) is 10.9. The van der Waals surface area contributed by atoms with Gasteiger partial charge in [-0.15, -0.1) is 0 Å². The van der Waals surface area contributed by atoms with E-state index < -0.39 is 0 Å². The molecule has 2 aliphatic heterocycles. The number of aromatic nitrogens is 1. The third-order valence-corrected chi connectivity index (χ3v) is 6.19. The van der Waals surface area contributed by atoms with Gasteiger partial charge < -0.3 is 14.7 Å². The summed E-state index contributed by atoms with van der Waals surface area (Å²) >= 11 is 0. The molecule has 4 rings (SSSR count). The van der Waals surface area contributed by atoms with Gasteiger partial charge >= 0.3 is 0 Å². The van der Waals surface area contributed by atoms with E-state index in [9.17, 15) is 9.18 Å². The molecule has 0 unspecified atom stereocenters. The zero-order valence-electron chi connectivity index (χ0n) is 20.0. The lowest BCUT2D eigenvalue weighted by Crippen LogP contribution is -2.53. The summed E-state index contributed by atoms with van der Waals surface area (Å²) in [4.78, 5) is 23.6. The van der Waals surface area contributed by atoms with Gasteiger partial charge in [0.1, 0.15) is 11.6 Å². The summed E-state index contributed by atoms with van der Waals surface area (Å²) in [7, 11) is 0. The molecule has 3 heterocycles. The van der Waals surface area contributed by atoms with Gasteiger partial charge in [0, 0.05) is 55.6 Å². The first-order valence-electron chi connectivity index (χ1n) is 11.6. The number of nitrogens with zero attached hydrogens (tertiary/aromatic N) is 4. The highest BCUT2D eigenvalue weighted by Crippen LogP contribution is 2.37. The maximum atomic E-state index is 14.5. The molecule has 1 amide bonds. The molecule has 1 aromatic heterocycles. The van der Waals surface area contributed by atoms with E-state index in [1.165, 1.54) is 12.1 Å². The fraction of sp³-hybridized carbons (Fsp3) is 0.407. The van der Waals surface area contributed by atoms with Crippen LogP contribution in [0.5, 0.6) is 0 Å². The molecular formula is C27H33FN4O. The minimum Gasteiger partial charge on any atom is -0.365 e. The Balaban J connectivity index is 1.71. The molecule has 2 aliphatic rings. The van der Waals surface area contributed by atoms with Crippen molar-refractivity contribution >= 4 is 17.4 Å². The first-order chi connectivity index (χ1) is 15.7. The molecule has 0 bridgehead atoms. The van der Waals surface area contributed by atoms with Crippen LogP contribution in [-0.2, 0) is 4.79 Å². The molecule has 33 heavy (non-hydrogen) atoms. The Morgan fingerprint density at radius 1 is 1.18 bits per heavy atom. The second-order valence-electron chi connectivity index (χ2n) is 10.1. The standard InChI is InChI=1S/C27H33FN4O/c1-6-25(33)30-15-16-32(19(2)17-30)24-13-14-31(18-27(3,4)5)26-21(24)11-12-23(29-26)20-9-7-8-10-22(20)28/h6-13,19H,1,14-18H2,2-5H3/t19-/m0/s1.